The Hall–Kier alpha value is -2.77. The quantitative estimate of drug-likeness (QED) is 0.349. The third-order valence-corrected chi connectivity index (χ3v) is 8.55. The van der Waals surface area contributed by atoms with Gasteiger partial charge < -0.3 is 14.2 Å². The van der Waals surface area contributed by atoms with Gasteiger partial charge in [-0.1, -0.05) is 26.5 Å². The van der Waals surface area contributed by atoms with Gasteiger partial charge >= 0.3 is 17.9 Å². The molecule has 7 atom stereocenters. The summed E-state index contributed by atoms with van der Waals surface area (Å²) in [6.45, 7) is 11.4. The molecule has 0 amide bonds. The van der Waals surface area contributed by atoms with E-state index in [4.69, 9.17) is 14.2 Å². The van der Waals surface area contributed by atoms with Crippen molar-refractivity contribution in [2.45, 2.75) is 66.1 Å². The van der Waals surface area contributed by atoms with Gasteiger partial charge in [0.1, 0.15) is 12.7 Å². The van der Waals surface area contributed by atoms with Crippen LogP contribution >= 0.6 is 0 Å². The lowest BCUT2D eigenvalue weighted by Gasteiger charge is -2.62. The van der Waals surface area contributed by atoms with Crippen LogP contribution in [0.1, 0.15) is 53.9 Å². The maximum atomic E-state index is 14.4. The van der Waals surface area contributed by atoms with E-state index in [9.17, 15) is 24.0 Å². The summed E-state index contributed by atoms with van der Waals surface area (Å²) in [6, 6.07) is 0. The first-order valence-electron chi connectivity index (χ1n) is 11.7. The van der Waals surface area contributed by atoms with Crippen LogP contribution in [0.4, 0.5) is 0 Å². The van der Waals surface area contributed by atoms with Gasteiger partial charge in [-0.25, -0.2) is 0 Å². The summed E-state index contributed by atoms with van der Waals surface area (Å²) < 4.78 is 16.9. The average molecular weight is 473 g/mol. The van der Waals surface area contributed by atoms with Crippen molar-refractivity contribution in [1.29, 1.82) is 0 Å². The van der Waals surface area contributed by atoms with E-state index >= 15 is 0 Å². The molecule has 4 aliphatic rings. The Morgan fingerprint density at radius 3 is 2.26 bits per heavy atom. The molecule has 0 heterocycles. The maximum Gasteiger partial charge on any atom is 0.303 e. The summed E-state index contributed by atoms with van der Waals surface area (Å²) in [6.07, 6.45) is 2.52. The SMILES string of the molecule is C=C1[C@H]2CC[C@@H]3[C@](C2)(C(=O)[C@@H](OC(C)=O)[C@@H]2C(C)(C)C=CC(=O)[C@@]32COC(C)=O)[C@@H]1OC(C)=O. The second-order valence-corrected chi connectivity index (χ2v) is 10.8. The van der Waals surface area contributed by atoms with Crippen LogP contribution in [-0.4, -0.2) is 48.3 Å². The van der Waals surface area contributed by atoms with Crippen molar-refractivity contribution in [1.82, 2.24) is 0 Å². The fraction of sp³-hybridized carbons (Fsp3) is 0.654. The zero-order valence-corrected chi connectivity index (χ0v) is 20.3. The van der Waals surface area contributed by atoms with Crippen molar-refractivity contribution < 1.29 is 38.2 Å². The molecule has 3 fully saturated rings. The first kappa shape index (κ1) is 24.4. The van der Waals surface area contributed by atoms with E-state index in [1.54, 1.807) is 6.08 Å². The van der Waals surface area contributed by atoms with E-state index in [0.29, 0.717) is 24.8 Å². The number of hydrogen-bond donors (Lipinski definition) is 0. The van der Waals surface area contributed by atoms with Crippen LogP contribution in [0, 0.1) is 34.0 Å². The number of Topliss-reactive ketones (excluding diaryl/α,β-unsaturated/α-hetero) is 1. The zero-order valence-electron chi connectivity index (χ0n) is 20.3. The summed E-state index contributed by atoms with van der Waals surface area (Å²) in [4.78, 5) is 64.5. The summed E-state index contributed by atoms with van der Waals surface area (Å²) in [7, 11) is 0. The second-order valence-electron chi connectivity index (χ2n) is 10.8. The molecule has 0 unspecified atom stereocenters. The van der Waals surface area contributed by atoms with Crippen LogP contribution in [-0.2, 0) is 38.2 Å². The molecule has 2 bridgehead atoms. The van der Waals surface area contributed by atoms with Gasteiger partial charge in [0.2, 0.25) is 0 Å². The maximum absolute atomic E-state index is 14.4. The van der Waals surface area contributed by atoms with Gasteiger partial charge in [-0.05, 0) is 48.2 Å². The molecule has 3 saturated carbocycles. The monoisotopic (exact) mass is 472 g/mol. The lowest BCUT2D eigenvalue weighted by atomic mass is 9.40. The van der Waals surface area contributed by atoms with Crippen LogP contribution in [0.5, 0.6) is 0 Å². The van der Waals surface area contributed by atoms with Crippen LogP contribution in [0.25, 0.3) is 0 Å². The number of fused-ring (bicyclic) bond motifs is 3. The summed E-state index contributed by atoms with van der Waals surface area (Å²) >= 11 is 0. The summed E-state index contributed by atoms with van der Waals surface area (Å²) in [5.41, 5.74) is -2.70. The van der Waals surface area contributed by atoms with Crippen LogP contribution in [0.2, 0.25) is 0 Å². The van der Waals surface area contributed by atoms with Gasteiger partial charge in [-0.2, -0.15) is 0 Å². The van der Waals surface area contributed by atoms with E-state index in [0.717, 1.165) is 0 Å². The van der Waals surface area contributed by atoms with Crippen molar-refractivity contribution in [2.24, 2.45) is 34.0 Å². The minimum atomic E-state index is -1.33. The Morgan fingerprint density at radius 2 is 1.68 bits per heavy atom. The molecule has 184 valence electrons. The molecule has 0 saturated heterocycles. The minimum Gasteiger partial charge on any atom is -0.465 e. The van der Waals surface area contributed by atoms with Crippen LogP contribution in [0.15, 0.2) is 24.3 Å². The number of hydrogen-bond acceptors (Lipinski definition) is 8. The van der Waals surface area contributed by atoms with Crippen molar-refractivity contribution in [3.05, 3.63) is 24.3 Å². The number of ketones is 2. The molecule has 0 aromatic rings. The number of carbonyl (C=O) groups is 5. The van der Waals surface area contributed by atoms with Gasteiger partial charge in [-0.3, -0.25) is 24.0 Å². The molecule has 0 aliphatic heterocycles. The van der Waals surface area contributed by atoms with Gasteiger partial charge in [-0.15, -0.1) is 0 Å². The van der Waals surface area contributed by atoms with E-state index in [1.807, 2.05) is 13.8 Å². The summed E-state index contributed by atoms with van der Waals surface area (Å²) in [5, 5.41) is 0. The molecular formula is C26H32O8. The molecule has 8 heteroatoms. The molecule has 4 rings (SSSR count). The molecular weight excluding hydrogens is 440 g/mol. The highest BCUT2D eigenvalue weighted by Gasteiger charge is 2.77. The van der Waals surface area contributed by atoms with Gasteiger partial charge in [0.05, 0.1) is 10.8 Å². The number of allylic oxidation sites excluding steroid dienone is 2. The average Bonchev–Trinajstić information content (AvgIpc) is 2.93. The zero-order chi connectivity index (χ0) is 25.2. The number of carbonyl (C=O) groups excluding carboxylic acids is 5. The van der Waals surface area contributed by atoms with Gasteiger partial charge in [0.25, 0.3) is 0 Å². The normalized spacial score (nSPS) is 39.7. The fourth-order valence-electron chi connectivity index (χ4n) is 7.51. The highest BCUT2D eigenvalue weighted by Crippen LogP contribution is 2.70. The number of rotatable bonds is 4. The second kappa shape index (κ2) is 7.89. The first-order valence-corrected chi connectivity index (χ1v) is 11.7. The number of ether oxygens (including phenoxy) is 3. The van der Waals surface area contributed by atoms with Crippen molar-refractivity contribution in [3.8, 4) is 0 Å². The highest BCUT2D eigenvalue weighted by atomic mass is 16.6. The highest BCUT2D eigenvalue weighted by molar-refractivity contribution is 6.03. The van der Waals surface area contributed by atoms with Crippen molar-refractivity contribution >= 4 is 29.5 Å². The standard InChI is InChI=1S/C26H32O8/c1-13-17-7-8-18-25(11-17,23(13)34-16(4)29)22(31)20(33-15(3)28)21-24(5,6)10-9-19(30)26(18,21)12-32-14(2)27/h9-10,17-18,20-21,23H,1,7-8,11-12H2,2-6H3/t17-,18+,20-,21+,23+,25+,26+/m0/s1. The Balaban J connectivity index is 2.02. The first-order chi connectivity index (χ1) is 15.8. The van der Waals surface area contributed by atoms with Crippen LogP contribution in [0.3, 0.4) is 0 Å². The third-order valence-electron chi connectivity index (χ3n) is 8.55. The van der Waals surface area contributed by atoms with E-state index in [-0.39, 0.29) is 24.1 Å². The topological polar surface area (TPSA) is 113 Å². The molecule has 34 heavy (non-hydrogen) atoms. The lowest BCUT2D eigenvalue weighted by molar-refractivity contribution is -0.218. The predicted octanol–water partition coefficient (Wildman–Crippen LogP) is 2.74. The Kier molecular flexibility index (Phi) is 5.65. The summed E-state index contributed by atoms with van der Waals surface area (Å²) in [5.74, 6) is -3.79. The molecule has 0 aromatic carbocycles. The van der Waals surface area contributed by atoms with Gasteiger partial charge in [0, 0.05) is 26.7 Å². The predicted molar refractivity (Wildman–Crippen MR) is 119 cm³/mol. The Bertz CT molecular complexity index is 1020. The molecule has 0 aromatic heterocycles. The molecule has 1 spiro atoms. The molecule has 4 aliphatic carbocycles. The Morgan fingerprint density at radius 1 is 1.03 bits per heavy atom. The molecule has 8 nitrogen and oxygen atoms in total. The van der Waals surface area contributed by atoms with E-state index in [2.05, 4.69) is 6.58 Å². The molecule has 0 N–H and O–H groups in total. The van der Waals surface area contributed by atoms with Crippen molar-refractivity contribution in [2.75, 3.05) is 6.61 Å². The molecule has 0 radical (unpaired) electrons. The largest absolute Gasteiger partial charge is 0.465 e. The van der Waals surface area contributed by atoms with Crippen molar-refractivity contribution in [3.63, 3.8) is 0 Å². The van der Waals surface area contributed by atoms with E-state index < -0.39 is 58.2 Å². The number of esters is 3. The van der Waals surface area contributed by atoms with E-state index in [1.165, 1.54) is 26.8 Å². The lowest BCUT2D eigenvalue weighted by Crippen LogP contribution is -2.72. The fourth-order valence-corrected chi connectivity index (χ4v) is 7.51. The minimum absolute atomic E-state index is 0.0629. The van der Waals surface area contributed by atoms with Crippen LogP contribution < -0.4 is 0 Å². The van der Waals surface area contributed by atoms with Gasteiger partial charge in [0.15, 0.2) is 17.7 Å². The Labute approximate surface area is 199 Å². The third kappa shape index (κ3) is 3.21. The smallest absolute Gasteiger partial charge is 0.303 e.